The van der Waals surface area contributed by atoms with Crippen LogP contribution in [0.2, 0.25) is 0 Å². The maximum Gasteiger partial charge on any atom is 0.257 e. The molecule has 0 saturated carbocycles. The zero-order valence-electron chi connectivity index (χ0n) is 12.9. The molecule has 2 aromatic rings. The Kier molecular flexibility index (Phi) is 5.19. The summed E-state index contributed by atoms with van der Waals surface area (Å²) < 4.78 is 11.2. The Labute approximate surface area is 138 Å². The number of hydrogen-bond donors (Lipinski definition) is 1. The van der Waals surface area contributed by atoms with Gasteiger partial charge in [-0.25, -0.2) is 0 Å². The lowest BCUT2D eigenvalue weighted by molar-refractivity contribution is 0.0679. The Bertz CT molecular complexity index is 668. The predicted octanol–water partition coefficient (Wildman–Crippen LogP) is 2.91. The van der Waals surface area contributed by atoms with E-state index in [-0.39, 0.29) is 12.0 Å². The molecule has 1 aromatic heterocycles. The SMILES string of the molecule is CCc1nnc(NC(=O)c2cccc(OC[C@@H]3CCCO3)c2)s1. The van der Waals surface area contributed by atoms with Gasteiger partial charge in [0, 0.05) is 12.2 Å². The van der Waals surface area contributed by atoms with Crippen LogP contribution in [0.15, 0.2) is 24.3 Å². The number of hydrogen-bond acceptors (Lipinski definition) is 6. The van der Waals surface area contributed by atoms with E-state index >= 15 is 0 Å². The molecule has 1 aromatic carbocycles. The van der Waals surface area contributed by atoms with Gasteiger partial charge in [0.2, 0.25) is 5.13 Å². The van der Waals surface area contributed by atoms with Crippen molar-refractivity contribution in [2.75, 3.05) is 18.5 Å². The van der Waals surface area contributed by atoms with Crippen LogP contribution < -0.4 is 10.1 Å². The summed E-state index contributed by atoms with van der Waals surface area (Å²) in [5.74, 6) is 0.450. The van der Waals surface area contributed by atoms with Gasteiger partial charge in [0.1, 0.15) is 17.4 Å². The molecule has 7 heteroatoms. The minimum atomic E-state index is -0.216. The summed E-state index contributed by atoms with van der Waals surface area (Å²) in [7, 11) is 0. The Balaban J connectivity index is 1.60. The van der Waals surface area contributed by atoms with Crippen molar-refractivity contribution in [2.45, 2.75) is 32.3 Å². The number of aryl methyl sites for hydroxylation is 1. The first-order chi connectivity index (χ1) is 11.2. The molecule has 0 radical (unpaired) electrons. The average molecular weight is 333 g/mol. The Hall–Kier alpha value is -1.99. The van der Waals surface area contributed by atoms with E-state index in [1.165, 1.54) is 11.3 Å². The lowest BCUT2D eigenvalue weighted by Crippen LogP contribution is -2.17. The first-order valence-corrected chi connectivity index (χ1v) is 8.54. The van der Waals surface area contributed by atoms with Crippen LogP contribution in [-0.4, -0.2) is 35.4 Å². The van der Waals surface area contributed by atoms with Gasteiger partial charge in [0.05, 0.1) is 6.10 Å². The monoisotopic (exact) mass is 333 g/mol. The van der Waals surface area contributed by atoms with E-state index in [0.717, 1.165) is 30.9 Å². The third-order valence-corrected chi connectivity index (χ3v) is 4.53. The summed E-state index contributed by atoms with van der Waals surface area (Å²) in [5.41, 5.74) is 0.531. The fourth-order valence-corrected chi connectivity index (χ4v) is 2.98. The van der Waals surface area contributed by atoms with Crippen molar-refractivity contribution in [3.05, 3.63) is 34.8 Å². The minimum Gasteiger partial charge on any atom is -0.491 e. The molecular weight excluding hydrogens is 314 g/mol. The molecule has 0 aliphatic carbocycles. The Morgan fingerprint density at radius 2 is 2.39 bits per heavy atom. The number of anilines is 1. The van der Waals surface area contributed by atoms with E-state index in [1.54, 1.807) is 18.2 Å². The zero-order valence-corrected chi connectivity index (χ0v) is 13.8. The smallest absolute Gasteiger partial charge is 0.257 e. The van der Waals surface area contributed by atoms with E-state index in [4.69, 9.17) is 9.47 Å². The fourth-order valence-electron chi connectivity index (χ4n) is 2.31. The van der Waals surface area contributed by atoms with Crippen molar-refractivity contribution in [1.29, 1.82) is 0 Å². The van der Waals surface area contributed by atoms with Crippen LogP contribution in [0.4, 0.5) is 5.13 Å². The average Bonchev–Trinajstić information content (AvgIpc) is 3.24. The van der Waals surface area contributed by atoms with Crippen LogP contribution in [0, 0.1) is 0 Å². The van der Waals surface area contributed by atoms with Gasteiger partial charge >= 0.3 is 0 Å². The lowest BCUT2D eigenvalue weighted by atomic mass is 10.2. The highest BCUT2D eigenvalue weighted by atomic mass is 32.1. The van der Waals surface area contributed by atoms with Crippen molar-refractivity contribution in [3.63, 3.8) is 0 Å². The summed E-state index contributed by atoms with van der Waals surface area (Å²) >= 11 is 1.39. The summed E-state index contributed by atoms with van der Waals surface area (Å²) in [6.07, 6.45) is 3.07. The molecule has 1 N–H and O–H groups in total. The van der Waals surface area contributed by atoms with Crippen molar-refractivity contribution < 1.29 is 14.3 Å². The third-order valence-electron chi connectivity index (χ3n) is 3.55. The number of carbonyl (C=O) groups is 1. The maximum absolute atomic E-state index is 12.3. The minimum absolute atomic E-state index is 0.154. The van der Waals surface area contributed by atoms with Crippen LogP contribution in [0.1, 0.15) is 35.1 Å². The van der Waals surface area contributed by atoms with E-state index in [2.05, 4.69) is 15.5 Å². The largest absolute Gasteiger partial charge is 0.491 e. The molecule has 0 unspecified atom stereocenters. The topological polar surface area (TPSA) is 73.3 Å². The molecule has 1 amide bonds. The van der Waals surface area contributed by atoms with Gasteiger partial charge in [-0.3, -0.25) is 10.1 Å². The Morgan fingerprint density at radius 3 is 3.13 bits per heavy atom. The van der Waals surface area contributed by atoms with Crippen molar-refractivity contribution in [3.8, 4) is 5.75 Å². The second-order valence-corrected chi connectivity index (χ2v) is 6.34. The standard InChI is InChI=1S/C16H19N3O3S/c1-2-14-18-19-16(23-14)17-15(20)11-5-3-6-12(9-11)22-10-13-7-4-8-21-13/h3,5-6,9,13H,2,4,7-8,10H2,1H3,(H,17,19,20)/t13-/m0/s1. The van der Waals surface area contributed by atoms with Crippen molar-refractivity contribution >= 4 is 22.4 Å². The molecule has 1 fully saturated rings. The lowest BCUT2D eigenvalue weighted by Gasteiger charge is -2.12. The highest BCUT2D eigenvalue weighted by Crippen LogP contribution is 2.19. The van der Waals surface area contributed by atoms with Crippen LogP contribution in [0.5, 0.6) is 5.75 Å². The number of benzene rings is 1. The maximum atomic E-state index is 12.3. The second kappa shape index (κ2) is 7.52. The van der Waals surface area contributed by atoms with Crippen LogP contribution in [0.3, 0.4) is 0 Å². The number of amides is 1. The molecule has 1 atom stereocenters. The van der Waals surface area contributed by atoms with E-state index < -0.39 is 0 Å². The number of ether oxygens (including phenoxy) is 2. The first-order valence-electron chi connectivity index (χ1n) is 7.73. The Morgan fingerprint density at radius 1 is 1.48 bits per heavy atom. The van der Waals surface area contributed by atoms with Crippen LogP contribution >= 0.6 is 11.3 Å². The van der Waals surface area contributed by atoms with Crippen LogP contribution in [-0.2, 0) is 11.2 Å². The molecule has 0 spiro atoms. The van der Waals surface area contributed by atoms with Gasteiger partial charge in [-0.2, -0.15) is 0 Å². The molecule has 122 valence electrons. The summed E-state index contributed by atoms with van der Waals surface area (Å²) in [6, 6.07) is 7.12. The number of rotatable bonds is 6. The molecule has 1 saturated heterocycles. The zero-order chi connectivity index (χ0) is 16.1. The normalized spacial score (nSPS) is 17.2. The highest BCUT2D eigenvalue weighted by Gasteiger charge is 2.16. The molecule has 6 nitrogen and oxygen atoms in total. The molecular formula is C16H19N3O3S. The van der Waals surface area contributed by atoms with Gasteiger partial charge in [0.15, 0.2) is 0 Å². The molecule has 0 bridgehead atoms. The molecule has 1 aliphatic rings. The van der Waals surface area contributed by atoms with Crippen molar-refractivity contribution in [2.24, 2.45) is 0 Å². The summed E-state index contributed by atoms with van der Waals surface area (Å²) in [4.78, 5) is 12.3. The molecule has 1 aliphatic heterocycles. The predicted molar refractivity (Wildman–Crippen MR) is 88.2 cm³/mol. The van der Waals surface area contributed by atoms with Gasteiger partial charge in [0.25, 0.3) is 5.91 Å². The number of nitrogens with zero attached hydrogens (tertiary/aromatic N) is 2. The van der Waals surface area contributed by atoms with E-state index in [1.807, 2.05) is 13.0 Å². The quantitative estimate of drug-likeness (QED) is 0.880. The van der Waals surface area contributed by atoms with E-state index in [0.29, 0.717) is 23.1 Å². The third kappa shape index (κ3) is 4.27. The van der Waals surface area contributed by atoms with Gasteiger partial charge in [-0.05, 0) is 37.5 Å². The van der Waals surface area contributed by atoms with Crippen molar-refractivity contribution in [1.82, 2.24) is 10.2 Å². The second-order valence-electron chi connectivity index (χ2n) is 5.28. The van der Waals surface area contributed by atoms with Crippen LogP contribution in [0.25, 0.3) is 0 Å². The van der Waals surface area contributed by atoms with Gasteiger partial charge < -0.3 is 9.47 Å². The number of carbonyl (C=O) groups excluding carboxylic acids is 1. The molecule has 3 rings (SSSR count). The number of aromatic nitrogens is 2. The summed E-state index contributed by atoms with van der Waals surface area (Å²) in [6.45, 7) is 3.32. The highest BCUT2D eigenvalue weighted by molar-refractivity contribution is 7.15. The molecule has 23 heavy (non-hydrogen) atoms. The summed E-state index contributed by atoms with van der Waals surface area (Å²) in [5, 5.41) is 12.1. The fraction of sp³-hybridized carbons (Fsp3) is 0.438. The van der Waals surface area contributed by atoms with Gasteiger partial charge in [-0.15, -0.1) is 10.2 Å². The van der Waals surface area contributed by atoms with Gasteiger partial charge in [-0.1, -0.05) is 24.3 Å². The van der Waals surface area contributed by atoms with E-state index in [9.17, 15) is 4.79 Å². The first kappa shape index (κ1) is 15.9. The number of nitrogens with one attached hydrogen (secondary N) is 1. The molecule has 2 heterocycles.